The first kappa shape index (κ1) is 16.9. The average Bonchev–Trinajstić information content (AvgIpc) is 2.55. The Morgan fingerprint density at radius 2 is 1.91 bits per heavy atom. The van der Waals surface area contributed by atoms with Crippen LogP contribution in [0.4, 0.5) is 10.5 Å². The average molecular weight is 312 g/mol. The summed E-state index contributed by atoms with van der Waals surface area (Å²) in [6, 6.07) is 15.6. The van der Waals surface area contributed by atoms with Gasteiger partial charge in [-0.2, -0.15) is 0 Å². The van der Waals surface area contributed by atoms with Crippen LogP contribution in [0.5, 0.6) is 5.75 Å². The molecule has 4 heteroatoms. The van der Waals surface area contributed by atoms with E-state index in [1.54, 1.807) is 11.9 Å². The molecular formula is C19H24N2O2. The van der Waals surface area contributed by atoms with Crippen molar-refractivity contribution in [2.24, 2.45) is 0 Å². The molecule has 0 bridgehead atoms. The van der Waals surface area contributed by atoms with Crippen molar-refractivity contribution >= 4 is 11.7 Å². The Balaban J connectivity index is 2.04. The zero-order valence-electron chi connectivity index (χ0n) is 14.0. The Morgan fingerprint density at radius 1 is 1.17 bits per heavy atom. The maximum Gasteiger partial charge on any atom is 0.321 e. The second-order valence-electron chi connectivity index (χ2n) is 5.62. The monoisotopic (exact) mass is 312 g/mol. The molecular weight excluding hydrogens is 288 g/mol. The van der Waals surface area contributed by atoms with Gasteiger partial charge in [-0.1, -0.05) is 43.3 Å². The van der Waals surface area contributed by atoms with Crippen molar-refractivity contribution < 1.29 is 9.53 Å². The molecule has 2 aromatic rings. The number of benzene rings is 2. The highest BCUT2D eigenvalue weighted by molar-refractivity contribution is 5.90. The van der Waals surface area contributed by atoms with Crippen molar-refractivity contribution in [3.63, 3.8) is 0 Å². The SMILES string of the molecule is CCCOc1cc(C)ccc1NC(=O)N(C)Cc1ccccc1. The van der Waals surface area contributed by atoms with Crippen molar-refractivity contribution in [1.29, 1.82) is 0 Å². The molecule has 0 fully saturated rings. The third kappa shape index (κ3) is 5.02. The van der Waals surface area contributed by atoms with Crippen molar-refractivity contribution in [2.75, 3.05) is 19.0 Å². The Hall–Kier alpha value is -2.49. The summed E-state index contributed by atoms with van der Waals surface area (Å²) in [5.74, 6) is 0.716. The lowest BCUT2D eigenvalue weighted by atomic mass is 10.2. The Labute approximate surface area is 138 Å². The van der Waals surface area contributed by atoms with Gasteiger partial charge in [0.25, 0.3) is 0 Å². The summed E-state index contributed by atoms with van der Waals surface area (Å²) in [7, 11) is 1.78. The first-order valence-corrected chi connectivity index (χ1v) is 7.89. The minimum absolute atomic E-state index is 0.154. The number of ether oxygens (including phenoxy) is 1. The van der Waals surface area contributed by atoms with Gasteiger partial charge in [-0.05, 0) is 36.6 Å². The van der Waals surface area contributed by atoms with Crippen LogP contribution in [0.2, 0.25) is 0 Å². The number of hydrogen-bond donors (Lipinski definition) is 1. The molecule has 4 nitrogen and oxygen atoms in total. The molecule has 23 heavy (non-hydrogen) atoms. The summed E-state index contributed by atoms with van der Waals surface area (Å²) in [5.41, 5.74) is 2.90. The summed E-state index contributed by atoms with van der Waals surface area (Å²) in [4.78, 5) is 14.0. The Morgan fingerprint density at radius 3 is 2.61 bits per heavy atom. The number of nitrogens with zero attached hydrogens (tertiary/aromatic N) is 1. The number of anilines is 1. The van der Waals surface area contributed by atoms with E-state index >= 15 is 0 Å². The molecule has 0 saturated heterocycles. The fourth-order valence-electron chi connectivity index (χ4n) is 2.20. The normalized spacial score (nSPS) is 10.2. The second-order valence-corrected chi connectivity index (χ2v) is 5.62. The molecule has 0 spiro atoms. The van der Waals surface area contributed by atoms with Crippen LogP contribution in [0.25, 0.3) is 0 Å². The minimum Gasteiger partial charge on any atom is -0.491 e. The van der Waals surface area contributed by atoms with Gasteiger partial charge >= 0.3 is 6.03 Å². The summed E-state index contributed by atoms with van der Waals surface area (Å²) in [6.45, 7) is 5.25. The van der Waals surface area contributed by atoms with E-state index in [0.29, 0.717) is 24.6 Å². The summed E-state index contributed by atoms with van der Waals surface area (Å²) in [6.07, 6.45) is 0.926. The predicted molar refractivity (Wildman–Crippen MR) is 93.9 cm³/mol. The molecule has 0 unspecified atom stereocenters. The molecule has 0 aromatic heterocycles. The molecule has 2 rings (SSSR count). The van der Waals surface area contributed by atoms with Gasteiger partial charge in [0.05, 0.1) is 12.3 Å². The molecule has 122 valence electrons. The third-order valence-electron chi connectivity index (χ3n) is 3.45. The van der Waals surface area contributed by atoms with Gasteiger partial charge in [0.2, 0.25) is 0 Å². The van der Waals surface area contributed by atoms with Crippen LogP contribution in [-0.4, -0.2) is 24.6 Å². The lowest BCUT2D eigenvalue weighted by Crippen LogP contribution is -2.31. The minimum atomic E-state index is -0.154. The molecule has 0 aliphatic carbocycles. The van der Waals surface area contributed by atoms with Crippen LogP contribution < -0.4 is 10.1 Å². The van der Waals surface area contributed by atoms with E-state index in [9.17, 15) is 4.79 Å². The van der Waals surface area contributed by atoms with E-state index in [1.165, 1.54) is 0 Å². The number of rotatable bonds is 6. The largest absolute Gasteiger partial charge is 0.491 e. The molecule has 2 amide bonds. The van der Waals surface area contributed by atoms with E-state index in [-0.39, 0.29) is 6.03 Å². The molecule has 0 radical (unpaired) electrons. The van der Waals surface area contributed by atoms with E-state index < -0.39 is 0 Å². The van der Waals surface area contributed by atoms with E-state index in [0.717, 1.165) is 17.5 Å². The van der Waals surface area contributed by atoms with Gasteiger partial charge in [0.1, 0.15) is 5.75 Å². The number of carbonyl (C=O) groups is 1. The number of carbonyl (C=O) groups excluding carboxylic acids is 1. The molecule has 0 heterocycles. The molecule has 0 aliphatic rings. The van der Waals surface area contributed by atoms with Gasteiger partial charge < -0.3 is 15.0 Å². The van der Waals surface area contributed by atoms with Crippen LogP contribution in [-0.2, 0) is 6.54 Å². The topological polar surface area (TPSA) is 41.6 Å². The fourth-order valence-corrected chi connectivity index (χ4v) is 2.20. The maximum absolute atomic E-state index is 12.4. The molecule has 1 N–H and O–H groups in total. The molecule has 2 aromatic carbocycles. The van der Waals surface area contributed by atoms with Gasteiger partial charge in [-0.15, -0.1) is 0 Å². The Kier molecular flexibility index (Phi) is 6.03. The first-order chi connectivity index (χ1) is 11.1. The van der Waals surface area contributed by atoms with Crippen molar-refractivity contribution in [1.82, 2.24) is 4.90 Å². The third-order valence-corrected chi connectivity index (χ3v) is 3.45. The van der Waals surface area contributed by atoms with Gasteiger partial charge in [0, 0.05) is 13.6 Å². The van der Waals surface area contributed by atoms with Crippen LogP contribution >= 0.6 is 0 Å². The number of nitrogens with one attached hydrogen (secondary N) is 1. The summed E-state index contributed by atoms with van der Waals surface area (Å²) < 4.78 is 5.73. The zero-order valence-corrected chi connectivity index (χ0v) is 14.0. The fraction of sp³-hybridized carbons (Fsp3) is 0.316. The number of aryl methyl sites for hydroxylation is 1. The predicted octanol–water partition coefficient (Wildman–Crippen LogP) is 4.45. The van der Waals surface area contributed by atoms with Crippen LogP contribution in [0.3, 0.4) is 0 Å². The van der Waals surface area contributed by atoms with E-state index in [2.05, 4.69) is 12.2 Å². The standard InChI is InChI=1S/C19H24N2O2/c1-4-12-23-18-13-15(2)10-11-17(18)20-19(22)21(3)14-16-8-6-5-7-9-16/h5-11,13H,4,12,14H2,1-3H3,(H,20,22). The van der Waals surface area contributed by atoms with Crippen molar-refractivity contribution in [3.8, 4) is 5.75 Å². The van der Waals surface area contributed by atoms with Gasteiger partial charge in [-0.3, -0.25) is 0 Å². The smallest absolute Gasteiger partial charge is 0.321 e. The van der Waals surface area contributed by atoms with Crippen LogP contribution in [0.15, 0.2) is 48.5 Å². The molecule has 0 atom stereocenters. The van der Waals surface area contributed by atoms with Gasteiger partial charge in [-0.25, -0.2) is 4.79 Å². The van der Waals surface area contributed by atoms with E-state index in [4.69, 9.17) is 4.74 Å². The first-order valence-electron chi connectivity index (χ1n) is 7.89. The van der Waals surface area contributed by atoms with Crippen LogP contribution in [0, 0.1) is 6.92 Å². The van der Waals surface area contributed by atoms with Crippen molar-refractivity contribution in [2.45, 2.75) is 26.8 Å². The highest BCUT2D eigenvalue weighted by atomic mass is 16.5. The highest BCUT2D eigenvalue weighted by Crippen LogP contribution is 2.26. The van der Waals surface area contributed by atoms with E-state index in [1.807, 2.05) is 55.5 Å². The quantitative estimate of drug-likeness (QED) is 0.856. The summed E-state index contributed by atoms with van der Waals surface area (Å²) in [5, 5.41) is 2.93. The van der Waals surface area contributed by atoms with Crippen LogP contribution in [0.1, 0.15) is 24.5 Å². The van der Waals surface area contributed by atoms with Crippen molar-refractivity contribution in [3.05, 3.63) is 59.7 Å². The lowest BCUT2D eigenvalue weighted by Gasteiger charge is -2.19. The number of amides is 2. The van der Waals surface area contributed by atoms with Gasteiger partial charge in [0.15, 0.2) is 0 Å². The zero-order chi connectivity index (χ0) is 16.7. The lowest BCUT2D eigenvalue weighted by molar-refractivity contribution is 0.220. The second kappa shape index (κ2) is 8.22. The maximum atomic E-state index is 12.4. The number of urea groups is 1. The Bertz CT molecular complexity index is 641. The number of hydrogen-bond acceptors (Lipinski definition) is 2. The summed E-state index contributed by atoms with van der Waals surface area (Å²) >= 11 is 0. The molecule has 0 saturated carbocycles. The molecule has 0 aliphatic heterocycles. The highest BCUT2D eigenvalue weighted by Gasteiger charge is 2.12.